The van der Waals surface area contributed by atoms with Crippen LogP contribution in [0.4, 0.5) is 10.6 Å². The van der Waals surface area contributed by atoms with Crippen LogP contribution in [0.25, 0.3) is 0 Å². The number of aryl methyl sites for hydroxylation is 1. The molecule has 25 heavy (non-hydrogen) atoms. The topological polar surface area (TPSA) is 63.2 Å². The fourth-order valence-electron chi connectivity index (χ4n) is 2.59. The van der Waals surface area contributed by atoms with Crippen molar-refractivity contribution in [3.63, 3.8) is 0 Å². The normalized spacial score (nSPS) is 10.7. The molecule has 0 radical (unpaired) electrons. The Morgan fingerprint density at radius 1 is 1.08 bits per heavy atom. The van der Waals surface area contributed by atoms with Gasteiger partial charge in [0.1, 0.15) is 6.33 Å². The van der Waals surface area contributed by atoms with E-state index in [1.807, 2.05) is 18.7 Å². The Morgan fingerprint density at radius 3 is 2.28 bits per heavy atom. The molecule has 0 unspecified atom stereocenters. The number of hydrogen-bond acceptors (Lipinski definition) is 5. The van der Waals surface area contributed by atoms with E-state index in [1.165, 1.54) is 36.2 Å². The number of rotatable bonds is 12. The van der Waals surface area contributed by atoms with Gasteiger partial charge in [0.2, 0.25) is 0 Å². The largest absolute Gasteiger partial charge is 0.322 e. The monoisotopic (exact) mass is 405 g/mol. The van der Waals surface area contributed by atoms with Crippen molar-refractivity contribution in [2.24, 2.45) is 0 Å². The maximum Gasteiger partial charge on any atom is 0.322 e. The molecule has 0 atom stereocenters. The first-order valence-electron chi connectivity index (χ1n) is 8.52. The molecule has 0 saturated heterocycles. The minimum absolute atomic E-state index is 0.165. The van der Waals surface area contributed by atoms with E-state index in [0.29, 0.717) is 18.7 Å². The summed E-state index contributed by atoms with van der Waals surface area (Å²) in [7, 11) is 0. The van der Waals surface area contributed by atoms with Gasteiger partial charge in [0.05, 0.1) is 11.3 Å². The Kier molecular flexibility index (Phi) is 11.1. The summed E-state index contributed by atoms with van der Waals surface area (Å²) < 4.78 is 0. The summed E-state index contributed by atoms with van der Waals surface area (Å²) in [6.07, 6.45) is 10.5. The molecule has 0 aliphatic carbocycles. The third-order valence-corrected chi connectivity index (χ3v) is 4.98. The second-order valence-electron chi connectivity index (χ2n) is 5.66. The predicted molar refractivity (Wildman–Crippen MR) is 106 cm³/mol. The highest BCUT2D eigenvalue weighted by Gasteiger charge is 2.24. The number of anilines is 1. The maximum atomic E-state index is 11.8. The summed E-state index contributed by atoms with van der Waals surface area (Å²) in [6, 6.07) is 0. The Labute approximate surface area is 163 Å². The lowest BCUT2D eigenvalue weighted by Crippen LogP contribution is -2.30. The van der Waals surface area contributed by atoms with Gasteiger partial charge in [-0.1, -0.05) is 32.6 Å². The number of unbranched alkanes of at least 4 members (excludes halogenated alkanes) is 5. The van der Waals surface area contributed by atoms with Crippen molar-refractivity contribution >= 4 is 51.4 Å². The maximum absolute atomic E-state index is 11.8. The molecule has 8 heteroatoms. The molecule has 5 nitrogen and oxygen atoms in total. The highest BCUT2D eigenvalue weighted by Crippen LogP contribution is 2.24. The summed E-state index contributed by atoms with van der Waals surface area (Å²) >= 11 is 13.3. The van der Waals surface area contributed by atoms with Crippen LogP contribution in [0, 0.1) is 0 Å². The van der Waals surface area contributed by atoms with Crippen molar-refractivity contribution in [2.45, 2.75) is 51.9 Å². The number of carbonyl (C=O) groups excluding carboxylic acids is 2. The molecule has 0 spiro atoms. The molecule has 0 aromatic carbocycles. The summed E-state index contributed by atoms with van der Waals surface area (Å²) in [6.45, 7) is 2.27. The first kappa shape index (κ1) is 22.2. The van der Waals surface area contributed by atoms with Crippen LogP contribution in [0.15, 0.2) is 6.33 Å². The third-order valence-electron chi connectivity index (χ3n) is 3.89. The SMILES string of the molecule is CCc1ncnc(N(CCCCCCCCSC)C(=O)Cl)c1C(=O)Cl. The summed E-state index contributed by atoms with van der Waals surface area (Å²) in [5.41, 5.74) is 0.680. The van der Waals surface area contributed by atoms with E-state index in [-0.39, 0.29) is 11.4 Å². The number of amides is 1. The molecule has 140 valence electrons. The average molecular weight is 406 g/mol. The Hall–Kier alpha value is -0.850. The predicted octanol–water partition coefficient (Wildman–Crippen LogP) is 5.29. The standard InChI is InChI=1S/C17H25Cl2N3O2S/c1-3-13-14(15(18)23)16(21-12-20-13)22(17(19)24)10-8-6-4-5-7-9-11-25-2/h12H,3-11H2,1-2H3. The molecule has 1 amide bonds. The van der Waals surface area contributed by atoms with E-state index in [2.05, 4.69) is 16.2 Å². The van der Waals surface area contributed by atoms with E-state index >= 15 is 0 Å². The van der Waals surface area contributed by atoms with Gasteiger partial charge in [0.15, 0.2) is 5.82 Å². The summed E-state index contributed by atoms with van der Waals surface area (Å²) in [5.74, 6) is 1.41. The van der Waals surface area contributed by atoms with Crippen molar-refractivity contribution in [1.82, 2.24) is 9.97 Å². The number of carbonyl (C=O) groups is 2. The number of nitrogens with zero attached hydrogens (tertiary/aromatic N) is 3. The van der Waals surface area contributed by atoms with Crippen molar-refractivity contribution < 1.29 is 9.59 Å². The minimum Gasteiger partial charge on any atom is -0.282 e. The molecule has 1 aromatic heterocycles. The summed E-state index contributed by atoms with van der Waals surface area (Å²) in [5, 5.41) is -1.34. The molecule has 0 bridgehead atoms. The van der Waals surface area contributed by atoms with Crippen LogP contribution in [0.1, 0.15) is 61.5 Å². The van der Waals surface area contributed by atoms with E-state index < -0.39 is 10.6 Å². The van der Waals surface area contributed by atoms with Gasteiger partial charge in [-0.05, 0) is 54.5 Å². The van der Waals surface area contributed by atoms with Gasteiger partial charge >= 0.3 is 5.37 Å². The van der Waals surface area contributed by atoms with E-state index in [4.69, 9.17) is 23.2 Å². The minimum atomic E-state index is -0.677. The van der Waals surface area contributed by atoms with Gasteiger partial charge in [-0.2, -0.15) is 11.8 Å². The lowest BCUT2D eigenvalue weighted by atomic mass is 10.1. The second-order valence-corrected chi connectivity index (χ2v) is 7.32. The average Bonchev–Trinajstić information content (AvgIpc) is 2.59. The first-order chi connectivity index (χ1) is 12.0. The second kappa shape index (κ2) is 12.5. The van der Waals surface area contributed by atoms with Gasteiger partial charge in [-0.25, -0.2) is 9.97 Å². The molecule has 0 aliphatic rings. The fourth-order valence-corrected chi connectivity index (χ4v) is 3.44. The Balaban J connectivity index is 2.66. The van der Waals surface area contributed by atoms with Crippen LogP contribution in [0.2, 0.25) is 0 Å². The molecule has 0 saturated carbocycles. The zero-order valence-corrected chi connectivity index (χ0v) is 17.1. The molecular weight excluding hydrogens is 381 g/mol. The van der Waals surface area contributed by atoms with Gasteiger partial charge in [-0.3, -0.25) is 14.5 Å². The van der Waals surface area contributed by atoms with Crippen LogP contribution in [-0.2, 0) is 6.42 Å². The lowest BCUT2D eigenvalue weighted by Gasteiger charge is -2.21. The van der Waals surface area contributed by atoms with Crippen molar-refractivity contribution in [3.05, 3.63) is 17.6 Å². The van der Waals surface area contributed by atoms with Crippen molar-refractivity contribution in [1.29, 1.82) is 0 Å². The first-order valence-corrected chi connectivity index (χ1v) is 10.7. The summed E-state index contributed by atoms with van der Waals surface area (Å²) in [4.78, 5) is 33.1. The van der Waals surface area contributed by atoms with Crippen LogP contribution in [0.3, 0.4) is 0 Å². The van der Waals surface area contributed by atoms with Crippen molar-refractivity contribution in [2.75, 3.05) is 23.5 Å². The molecule has 1 rings (SSSR count). The van der Waals surface area contributed by atoms with Crippen LogP contribution in [-0.4, -0.2) is 39.1 Å². The molecule has 0 fully saturated rings. The molecule has 1 aromatic rings. The molecular formula is C17H25Cl2N3O2S. The quantitative estimate of drug-likeness (QED) is 0.268. The molecule has 0 N–H and O–H groups in total. The number of hydrogen-bond donors (Lipinski definition) is 0. The third kappa shape index (κ3) is 7.50. The lowest BCUT2D eigenvalue weighted by molar-refractivity contribution is 0.108. The van der Waals surface area contributed by atoms with Gasteiger partial charge in [-0.15, -0.1) is 0 Å². The highest BCUT2D eigenvalue weighted by atomic mass is 35.5. The fraction of sp³-hybridized carbons (Fsp3) is 0.647. The number of aromatic nitrogens is 2. The van der Waals surface area contributed by atoms with Gasteiger partial charge in [0, 0.05) is 6.54 Å². The Bertz CT molecular complexity index is 573. The number of thioether (sulfide) groups is 1. The number of halogens is 2. The van der Waals surface area contributed by atoms with Crippen molar-refractivity contribution in [3.8, 4) is 0 Å². The zero-order valence-electron chi connectivity index (χ0n) is 14.8. The van der Waals surface area contributed by atoms with Crippen LogP contribution >= 0.6 is 35.0 Å². The molecule has 1 heterocycles. The highest BCUT2D eigenvalue weighted by molar-refractivity contribution is 7.98. The Morgan fingerprint density at radius 2 is 1.72 bits per heavy atom. The van der Waals surface area contributed by atoms with E-state index in [9.17, 15) is 9.59 Å². The van der Waals surface area contributed by atoms with Gasteiger partial charge < -0.3 is 0 Å². The van der Waals surface area contributed by atoms with Crippen LogP contribution in [0.5, 0.6) is 0 Å². The zero-order chi connectivity index (χ0) is 18.7. The van der Waals surface area contributed by atoms with E-state index in [0.717, 1.165) is 19.3 Å². The molecule has 0 aliphatic heterocycles. The van der Waals surface area contributed by atoms with Crippen LogP contribution < -0.4 is 4.90 Å². The smallest absolute Gasteiger partial charge is 0.282 e. The van der Waals surface area contributed by atoms with E-state index in [1.54, 1.807) is 0 Å². The van der Waals surface area contributed by atoms with Gasteiger partial charge in [0.25, 0.3) is 5.24 Å².